The zero-order valence-corrected chi connectivity index (χ0v) is 14.5. The van der Waals surface area contributed by atoms with Gasteiger partial charge in [-0.15, -0.1) is 11.3 Å². The maximum absolute atomic E-state index is 12.1. The molecule has 3 rings (SSSR count). The highest BCUT2D eigenvalue weighted by molar-refractivity contribution is 7.13. The molecule has 1 aromatic carbocycles. The molecule has 1 aliphatic heterocycles. The molecule has 1 aromatic heterocycles. The summed E-state index contributed by atoms with van der Waals surface area (Å²) in [4.78, 5) is 18.7. The maximum atomic E-state index is 12.1. The number of carbonyl (C=O) groups is 1. The van der Waals surface area contributed by atoms with Gasteiger partial charge in [0.05, 0.1) is 6.61 Å². The van der Waals surface area contributed by atoms with Crippen LogP contribution in [0.2, 0.25) is 0 Å². The number of thiazole rings is 1. The van der Waals surface area contributed by atoms with Crippen molar-refractivity contribution in [1.29, 1.82) is 0 Å². The lowest BCUT2D eigenvalue weighted by Gasteiger charge is -2.24. The molecule has 1 atom stereocenters. The van der Waals surface area contributed by atoms with Gasteiger partial charge in [-0.3, -0.25) is 0 Å². The van der Waals surface area contributed by atoms with Crippen LogP contribution in [0.25, 0.3) is 0 Å². The summed E-state index contributed by atoms with van der Waals surface area (Å²) in [6.45, 7) is 4.19. The highest BCUT2D eigenvalue weighted by Gasteiger charge is 2.26. The minimum absolute atomic E-state index is 0.190. The molecule has 7 heteroatoms. The number of benzene rings is 1. The molecule has 0 bridgehead atoms. The van der Waals surface area contributed by atoms with Crippen molar-refractivity contribution in [3.63, 3.8) is 0 Å². The highest BCUT2D eigenvalue weighted by Crippen LogP contribution is 2.26. The lowest BCUT2D eigenvalue weighted by atomic mass is 10.2. The third-order valence-corrected chi connectivity index (χ3v) is 4.77. The van der Waals surface area contributed by atoms with Crippen molar-refractivity contribution in [2.24, 2.45) is 0 Å². The first-order valence-electron chi connectivity index (χ1n) is 8.20. The largest absolute Gasteiger partial charge is 0.494 e. The Balaban J connectivity index is 1.48. The van der Waals surface area contributed by atoms with Crippen LogP contribution in [0, 0.1) is 0 Å². The minimum atomic E-state index is -0.190. The molecule has 1 aliphatic rings. The van der Waals surface area contributed by atoms with Crippen molar-refractivity contribution in [3.8, 4) is 5.75 Å². The fourth-order valence-corrected chi connectivity index (χ4v) is 3.59. The average Bonchev–Trinajstić information content (AvgIpc) is 3.26. The first-order valence-corrected chi connectivity index (χ1v) is 9.08. The van der Waals surface area contributed by atoms with Crippen molar-refractivity contribution in [1.82, 2.24) is 10.3 Å². The number of hydrogen-bond donors (Lipinski definition) is 2. The number of urea groups is 1. The molecule has 1 fully saturated rings. The minimum Gasteiger partial charge on any atom is -0.494 e. The van der Waals surface area contributed by atoms with Gasteiger partial charge in [0.1, 0.15) is 5.75 Å². The van der Waals surface area contributed by atoms with E-state index in [0.717, 1.165) is 36.0 Å². The fraction of sp³-hybridized carbons (Fsp3) is 0.412. The molecule has 1 saturated heterocycles. The Kier molecular flexibility index (Phi) is 5.53. The quantitative estimate of drug-likeness (QED) is 0.842. The van der Waals surface area contributed by atoms with Crippen LogP contribution in [0.4, 0.5) is 15.6 Å². The predicted molar refractivity (Wildman–Crippen MR) is 97.1 cm³/mol. The van der Waals surface area contributed by atoms with Gasteiger partial charge in [-0.25, -0.2) is 9.78 Å². The van der Waals surface area contributed by atoms with Crippen molar-refractivity contribution >= 4 is 28.2 Å². The van der Waals surface area contributed by atoms with Gasteiger partial charge < -0.3 is 20.3 Å². The van der Waals surface area contributed by atoms with Gasteiger partial charge in [0.25, 0.3) is 0 Å². The molecule has 0 unspecified atom stereocenters. The van der Waals surface area contributed by atoms with E-state index in [0.29, 0.717) is 19.2 Å². The van der Waals surface area contributed by atoms with Crippen molar-refractivity contribution in [2.75, 3.05) is 29.9 Å². The number of aromatic nitrogens is 1. The van der Waals surface area contributed by atoms with Crippen molar-refractivity contribution < 1.29 is 9.53 Å². The predicted octanol–water partition coefficient (Wildman–Crippen LogP) is 3.33. The number of nitrogens with one attached hydrogen (secondary N) is 2. The van der Waals surface area contributed by atoms with Crippen LogP contribution in [0.15, 0.2) is 35.8 Å². The number of carbonyl (C=O) groups excluding carboxylic acids is 1. The van der Waals surface area contributed by atoms with E-state index in [-0.39, 0.29) is 6.03 Å². The second-order valence-electron chi connectivity index (χ2n) is 5.60. The first kappa shape index (κ1) is 16.6. The second kappa shape index (κ2) is 8.01. The molecule has 0 radical (unpaired) electrons. The summed E-state index contributed by atoms with van der Waals surface area (Å²) >= 11 is 1.64. The average molecular weight is 346 g/mol. The smallest absolute Gasteiger partial charge is 0.319 e. The topological polar surface area (TPSA) is 66.5 Å². The lowest BCUT2D eigenvalue weighted by Crippen LogP contribution is -2.41. The highest BCUT2D eigenvalue weighted by atomic mass is 32.1. The van der Waals surface area contributed by atoms with E-state index in [1.807, 2.05) is 42.8 Å². The van der Waals surface area contributed by atoms with E-state index in [4.69, 9.17) is 4.74 Å². The van der Waals surface area contributed by atoms with Crippen molar-refractivity contribution in [2.45, 2.75) is 25.8 Å². The summed E-state index contributed by atoms with van der Waals surface area (Å²) < 4.78 is 5.39. The Morgan fingerprint density at radius 3 is 2.96 bits per heavy atom. The molecule has 0 saturated carbocycles. The van der Waals surface area contributed by atoms with E-state index < -0.39 is 0 Å². The van der Waals surface area contributed by atoms with Gasteiger partial charge in [-0.2, -0.15) is 0 Å². The summed E-state index contributed by atoms with van der Waals surface area (Å²) in [5.41, 5.74) is 0.749. The number of ether oxygens (including phenoxy) is 1. The summed E-state index contributed by atoms with van der Waals surface area (Å²) in [5, 5.41) is 8.82. The molecule has 2 N–H and O–H groups in total. The van der Waals surface area contributed by atoms with Crippen LogP contribution in [-0.2, 0) is 0 Å². The molecule has 24 heavy (non-hydrogen) atoms. The molecule has 0 aliphatic carbocycles. The Hall–Kier alpha value is -2.28. The van der Waals surface area contributed by atoms with Gasteiger partial charge in [0, 0.05) is 36.4 Å². The first-order chi connectivity index (χ1) is 11.8. The maximum Gasteiger partial charge on any atom is 0.319 e. The van der Waals surface area contributed by atoms with Gasteiger partial charge in [0.15, 0.2) is 5.13 Å². The van der Waals surface area contributed by atoms with E-state index in [9.17, 15) is 4.79 Å². The van der Waals surface area contributed by atoms with Crippen LogP contribution in [0.1, 0.15) is 19.8 Å². The summed E-state index contributed by atoms with van der Waals surface area (Å²) in [7, 11) is 0. The summed E-state index contributed by atoms with van der Waals surface area (Å²) in [6, 6.07) is 7.48. The van der Waals surface area contributed by atoms with Crippen LogP contribution >= 0.6 is 11.3 Å². The zero-order valence-electron chi connectivity index (χ0n) is 13.7. The normalized spacial score (nSPS) is 16.9. The van der Waals surface area contributed by atoms with E-state index in [1.165, 1.54) is 0 Å². The van der Waals surface area contributed by atoms with Gasteiger partial charge >= 0.3 is 6.03 Å². The number of rotatable bonds is 6. The molecule has 2 aromatic rings. The standard InChI is InChI=1S/C17H22N4O2S/c1-2-23-15-7-5-13(6-8-15)20-16(22)19-12-14-4-3-10-21(14)17-18-9-11-24-17/h5-9,11,14H,2-4,10,12H2,1H3,(H2,19,20,22)/t14-/m1/s1. The van der Waals surface area contributed by atoms with Crippen LogP contribution < -0.4 is 20.3 Å². The Morgan fingerprint density at radius 2 is 2.25 bits per heavy atom. The Labute approximate surface area is 145 Å². The zero-order chi connectivity index (χ0) is 16.8. The molecular weight excluding hydrogens is 324 g/mol. The van der Waals surface area contributed by atoms with Crippen LogP contribution in [0.3, 0.4) is 0 Å². The molecule has 6 nitrogen and oxygen atoms in total. The molecule has 2 amide bonds. The van der Waals surface area contributed by atoms with Gasteiger partial charge in [0.2, 0.25) is 0 Å². The SMILES string of the molecule is CCOc1ccc(NC(=O)NC[C@H]2CCCN2c2nccs2)cc1. The van der Waals surface area contributed by atoms with E-state index >= 15 is 0 Å². The fourth-order valence-electron chi connectivity index (χ4n) is 2.84. The van der Waals surface area contributed by atoms with E-state index in [1.54, 1.807) is 11.3 Å². The monoisotopic (exact) mass is 346 g/mol. The van der Waals surface area contributed by atoms with Crippen LogP contribution in [0.5, 0.6) is 5.75 Å². The number of nitrogens with zero attached hydrogens (tertiary/aromatic N) is 2. The van der Waals surface area contributed by atoms with Gasteiger partial charge in [-0.1, -0.05) is 0 Å². The number of amides is 2. The van der Waals surface area contributed by atoms with Crippen LogP contribution in [-0.4, -0.2) is 36.8 Å². The number of hydrogen-bond acceptors (Lipinski definition) is 5. The second-order valence-corrected chi connectivity index (χ2v) is 6.47. The molecule has 2 heterocycles. The summed E-state index contributed by atoms with van der Waals surface area (Å²) in [5.74, 6) is 0.800. The molecular formula is C17H22N4O2S. The van der Waals surface area contributed by atoms with E-state index in [2.05, 4.69) is 20.5 Å². The Morgan fingerprint density at radius 1 is 1.42 bits per heavy atom. The lowest BCUT2D eigenvalue weighted by molar-refractivity contribution is 0.251. The third-order valence-electron chi connectivity index (χ3n) is 3.96. The molecule has 128 valence electrons. The Bertz CT molecular complexity index is 645. The third kappa shape index (κ3) is 4.17. The molecule has 0 spiro atoms. The summed E-state index contributed by atoms with van der Waals surface area (Å²) in [6.07, 6.45) is 4.02. The van der Waals surface area contributed by atoms with Gasteiger partial charge in [-0.05, 0) is 44.0 Å². The number of anilines is 2. The van der Waals surface area contributed by atoms with Crippen molar-refractivity contribution in [3.05, 3.63) is 35.8 Å².